The highest BCUT2D eigenvalue weighted by molar-refractivity contribution is 5.82. The molecule has 1 rings (SSSR count). The van der Waals surface area contributed by atoms with Gasteiger partial charge < -0.3 is 15.3 Å². The highest BCUT2D eigenvalue weighted by Crippen LogP contribution is 2.35. The van der Waals surface area contributed by atoms with Gasteiger partial charge in [0.15, 0.2) is 0 Å². The number of ketones is 1. The number of likely N-dealkylation sites (tertiary alicyclic amines) is 1. The van der Waals surface area contributed by atoms with Crippen molar-refractivity contribution in [2.45, 2.75) is 63.8 Å². The van der Waals surface area contributed by atoms with Crippen LogP contribution in [0.1, 0.15) is 40.0 Å². The molecule has 1 heterocycles. The third kappa shape index (κ3) is 2.80. The molecule has 4 unspecified atom stereocenters. The van der Waals surface area contributed by atoms with Crippen LogP contribution in [0.15, 0.2) is 0 Å². The minimum absolute atomic E-state index is 0.0880. The van der Waals surface area contributed by atoms with Crippen molar-refractivity contribution in [3.8, 4) is 0 Å². The first-order valence-electron chi connectivity index (χ1n) is 7.36. The Balaban J connectivity index is 3.08. The topological polar surface area (TPSA) is 72.6 Å². The number of carbonyl (C=O) groups is 2. The number of rotatable bonds is 7. The van der Waals surface area contributed by atoms with Gasteiger partial charge in [-0.15, -0.1) is 0 Å². The first-order chi connectivity index (χ1) is 9.38. The summed E-state index contributed by atoms with van der Waals surface area (Å²) in [7, 11) is 3.55. The molecule has 1 saturated heterocycles. The molecule has 116 valence electrons. The molecule has 0 aromatic heterocycles. The molecule has 0 aliphatic carbocycles. The second kappa shape index (κ2) is 6.78. The molecular formula is C15H28N2O3. The molecule has 0 bridgehead atoms. The zero-order valence-electron chi connectivity index (χ0n) is 13.3. The fourth-order valence-corrected chi connectivity index (χ4v) is 3.64. The Morgan fingerprint density at radius 3 is 2.40 bits per heavy atom. The van der Waals surface area contributed by atoms with Gasteiger partial charge in [-0.3, -0.25) is 9.69 Å². The van der Waals surface area contributed by atoms with Crippen molar-refractivity contribution in [1.29, 1.82) is 0 Å². The lowest BCUT2D eigenvalue weighted by molar-refractivity contribution is -0.122. The van der Waals surface area contributed by atoms with E-state index >= 15 is 0 Å². The number of aldehydes is 1. The molecular weight excluding hydrogens is 256 g/mol. The van der Waals surface area contributed by atoms with Crippen LogP contribution in [0, 0.1) is 5.92 Å². The van der Waals surface area contributed by atoms with Crippen LogP contribution in [0.2, 0.25) is 0 Å². The van der Waals surface area contributed by atoms with Crippen LogP contribution < -0.4 is 5.73 Å². The summed E-state index contributed by atoms with van der Waals surface area (Å²) in [6, 6.07) is -0.669. The van der Waals surface area contributed by atoms with E-state index < -0.39 is 5.60 Å². The van der Waals surface area contributed by atoms with Gasteiger partial charge in [0.2, 0.25) is 0 Å². The van der Waals surface area contributed by atoms with Gasteiger partial charge in [0, 0.05) is 25.1 Å². The van der Waals surface area contributed by atoms with E-state index in [1.54, 1.807) is 14.0 Å². The molecule has 0 aromatic carbocycles. The normalized spacial score (nSPS) is 29.4. The van der Waals surface area contributed by atoms with E-state index in [2.05, 4.69) is 0 Å². The summed E-state index contributed by atoms with van der Waals surface area (Å²) >= 11 is 0. The average molecular weight is 284 g/mol. The lowest BCUT2D eigenvalue weighted by Crippen LogP contribution is -2.60. The Kier molecular flexibility index (Phi) is 5.86. The zero-order chi connectivity index (χ0) is 15.5. The van der Waals surface area contributed by atoms with Gasteiger partial charge in [-0.25, -0.2) is 0 Å². The molecule has 4 atom stereocenters. The minimum Gasteiger partial charge on any atom is -0.377 e. The molecule has 0 spiro atoms. The molecule has 20 heavy (non-hydrogen) atoms. The first kappa shape index (κ1) is 17.3. The first-order valence-corrected chi connectivity index (χ1v) is 7.36. The van der Waals surface area contributed by atoms with Crippen molar-refractivity contribution >= 4 is 12.1 Å². The van der Waals surface area contributed by atoms with Crippen LogP contribution in [-0.4, -0.2) is 54.9 Å². The Bertz CT molecular complexity index is 347. The Labute approximate surface area is 121 Å². The summed E-state index contributed by atoms with van der Waals surface area (Å²) in [6.07, 6.45) is 3.06. The van der Waals surface area contributed by atoms with Crippen LogP contribution in [0.25, 0.3) is 0 Å². The number of hydrogen-bond donors (Lipinski definition) is 1. The summed E-state index contributed by atoms with van der Waals surface area (Å²) in [5.74, 6) is -0.124. The smallest absolute Gasteiger partial charge is 0.146 e. The van der Waals surface area contributed by atoms with E-state index in [1.807, 2.05) is 25.8 Å². The predicted octanol–water partition coefficient (Wildman–Crippen LogP) is 0.996. The second-order valence-corrected chi connectivity index (χ2v) is 5.82. The van der Waals surface area contributed by atoms with Gasteiger partial charge >= 0.3 is 0 Å². The number of carbonyl (C=O) groups excluding carboxylic acids is 2. The van der Waals surface area contributed by atoms with Gasteiger partial charge in [0.25, 0.3) is 0 Å². The summed E-state index contributed by atoms with van der Waals surface area (Å²) < 4.78 is 5.69. The summed E-state index contributed by atoms with van der Waals surface area (Å²) in [4.78, 5) is 25.1. The maximum atomic E-state index is 11.7. The van der Waals surface area contributed by atoms with Crippen molar-refractivity contribution in [1.82, 2.24) is 4.90 Å². The fourth-order valence-electron chi connectivity index (χ4n) is 3.64. The summed E-state index contributed by atoms with van der Waals surface area (Å²) in [5.41, 5.74) is 6.02. The lowest BCUT2D eigenvalue weighted by Gasteiger charge is -2.42. The average Bonchev–Trinajstić information content (AvgIpc) is 2.78. The van der Waals surface area contributed by atoms with E-state index in [0.29, 0.717) is 6.42 Å². The van der Waals surface area contributed by atoms with E-state index in [1.165, 1.54) is 0 Å². The number of ether oxygens (including phenoxy) is 1. The summed E-state index contributed by atoms with van der Waals surface area (Å²) in [6.45, 7) is 5.65. The van der Waals surface area contributed by atoms with Gasteiger partial charge in [-0.2, -0.15) is 0 Å². The lowest BCUT2D eigenvalue weighted by atomic mass is 9.80. The number of nitrogens with zero attached hydrogens (tertiary/aromatic N) is 1. The number of Topliss-reactive ketones (excluding diaryl/α,β-unsaturated/α-hetero) is 1. The van der Waals surface area contributed by atoms with Crippen LogP contribution in [0.3, 0.4) is 0 Å². The van der Waals surface area contributed by atoms with Gasteiger partial charge in [0.1, 0.15) is 12.1 Å². The maximum absolute atomic E-state index is 11.7. The standard InChI is InChI=1S/C15H28N2O3/c1-6-15(7-2,20-5)14(16)13-11(9-18)8-12(10(3)19)17(13)4/h9,11-14H,6-8,16H2,1-5H3. The number of hydrogen-bond acceptors (Lipinski definition) is 5. The van der Waals surface area contributed by atoms with Crippen LogP contribution in [-0.2, 0) is 14.3 Å². The predicted molar refractivity (Wildman–Crippen MR) is 78.5 cm³/mol. The van der Waals surface area contributed by atoms with Crippen LogP contribution in [0.5, 0.6) is 0 Å². The Morgan fingerprint density at radius 2 is 2.05 bits per heavy atom. The van der Waals surface area contributed by atoms with Gasteiger partial charge in [0.05, 0.1) is 11.6 Å². The molecule has 0 saturated carbocycles. The molecule has 1 fully saturated rings. The minimum atomic E-state index is -0.453. The van der Waals surface area contributed by atoms with Crippen molar-refractivity contribution < 1.29 is 14.3 Å². The molecule has 2 N–H and O–H groups in total. The quantitative estimate of drug-likeness (QED) is 0.706. The van der Waals surface area contributed by atoms with E-state index in [-0.39, 0.29) is 29.8 Å². The highest BCUT2D eigenvalue weighted by atomic mass is 16.5. The van der Waals surface area contributed by atoms with Crippen LogP contribution in [0.4, 0.5) is 0 Å². The van der Waals surface area contributed by atoms with E-state index in [4.69, 9.17) is 10.5 Å². The summed E-state index contributed by atoms with van der Waals surface area (Å²) in [5, 5.41) is 0. The van der Waals surface area contributed by atoms with Crippen molar-refractivity contribution in [2.75, 3.05) is 14.2 Å². The van der Waals surface area contributed by atoms with Crippen molar-refractivity contribution in [3.05, 3.63) is 0 Å². The fraction of sp³-hybridized carbons (Fsp3) is 0.867. The molecule has 0 aromatic rings. The monoisotopic (exact) mass is 284 g/mol. The third-order valence-corrected chi connectivity index (χ3v) is 5.12. The van der Waals surface area contributed by atoms with Gasteiger partial charge in [-0.1, -0.05) is 13.8 Å². The van der Waals surface area contributed by atoms with Crippen molar-refractivity contribution in [3.63, 3.8) is 0 Å². The molecule has 0 amide bonds. The van der Waals surface area contributed by atoms with Crippen molar-refractivity contribution in [2.24, 2.45) is 11.7 Å². The molecule has 0 radical (unpaired) electrons. The SMILES string of the molecule is CCC(CC)(OC)C(N)C1C(C=O)CC(C(C)=O)N1C. The molecule has 5 heteroatoms. The van der Waals surface area contributed by atoms with Gasteiger partial charge in [-0.05, 0) is 33.2 Å². The number of likely N-dealkylation sites (N-methyl/N-ethyl adjacent to an activating group) is 1. The largest absolute Gasteiger partial charge is 0.377 e. The highest BCUT2D eigenvalue weighted by Gasteiger charge is 2.49. The number of methoxy groups -OCH3 is 1. The molecule has 1 aliphatic rings. The Hall–Kier alpha value is -0.780. The third-order valence-electron chi connectivity index (χ3n) is 5.12. The number of nitrogens with two attached hydrogens (primary N) is 1. The zero-order valence-corrected chi connectivity index (χ0v) is 13.3. The molecule has 5 nitrogen and oxygen atoms in total. The van der Waals surface area contributed by atoms with Crippen LogP contribution >= 0.6 is 0 Å². The Morgan fingerprint density at radius 1 is 1.50 bits per heavy atom. The maximum Gasteiger partial charge on any atom is 0.146 e. The molecule has 1 aliphatic heterocycles. The van der Waals surface area contributed by atoms with E-state index in [9.17, 15) is 9.59 Å². The second-order valence-electron chi connectivity index (χ2n) is 5.82. The van der Waals surface area contributed by atoms with E-state index in [0.717, 1.165) is 19.1 Å².